The van der Waals surface area contributed by atoms with Gasteiger partial charge in [-0.3, -0.25) is 19.3 Å². The van der Waals surface area contributed by atoms with Gasteiger partial charge in [0.15, 0.2) is 0 Å². The highest BCUT2D eigenvalue weighted by atomic mass is 16.2. The lowest BCUT2D eigenvalue weighted by Gasteiger charge is -2.06. The Kier molecular flexibility index (Phi) is 3.05. The topological polar surface area (TPSA) is 90.3 Å². The summed E-state index contributed by atoms with van der Waals surface area (Å²) in [7, 11) is 1.40. The predicted molar refractivity (Wildman–Crippen MR) is 66.3 cm³/mol. The van der Waals surface area contributed by atoms with Crippen LogP contribution >= 0.6 is 0 Å². The van der Waals surface area contributed by atoms with Crippen LogP contribution in [0.2, 0.25) is 0 Å². The van der Waals surface area contributed by atoms with Crippen molar-refractivity contribution < 1.29 is 14.4 Å². The standard InChI is InChI=1S/C13H11N3O3/c1-7(6-14)11(17)15-8-3-4-9-10(5-8)13(19)16(2)12(9)18/h3-5,7H,1-2H3,(H,15,17). The molecule has 0 fully saturated rings. The number of fused-ring (bicyclic) bond motifs is 1. The number of hydrogen-bond donors (Lipinski definition) is 1. The van der Waals surface area contributed by atoms with Gasteiger partial charge >= 0.3 is 0 Å². The molecule has 0 spiro atoms. The lowest BCUT2D eigenvalue weighted by molar-refractivity contribution is -0.117. The van der Waals surface area contributed by atoms with Crippen molar-refractivity contribution >= 4 is 23.4 Å². The van der Waals surface area contributed by atoms with Gasteiger partial charge in [-0.25, -0.2) is 0 Å². The van der Waals surface area contributed by atoms with Crippen molar-refractivity contribution in [3.05, 3.63) is 29.3 Å². The Hall–Kier alpha value is -2.68. The van der Waals surface area contributed by atoms with E-state index in [1.54, 1.807) is 0 Å². The minimum Gasteiger partial charge on any atom is -0.325 e. The van der Waals surface area contributed by atoms with Crippen molar-refractivity contribution in [2.24, 2.45) is 5.92 Å². The zero-order chi connectivity index (χ0) is 14.2. The average molecular weight is 257 g/mol. The summed E-state index contributed by atoms with van der Waals surface area (Å²) in [5.74, 6) is -1.99. The summed E-state index contributed by atoms with van der Waals surface area (Å²) < 4.78 is 0. The summed E-state index contributed by atoms with van der Waals surface area (Å²) in [5.41, 5.74) is 0.969. The van der Waals surface area contributed by atoms with Crippen LogP contribution in [-0.2, 0) is 4.79 Å². The van der Waals surface area contributed by atoms with Crippen LogP contribution in [0.15, 0.2) is 18.2 Å². The smallest absolute Gasteiger partial charge is 0.261 e. The minimum absolute atomic E-state index is 0.259. The maximum Gasteiger partial charge on any atom is 0.261 e. The average Bonchev–Trinajstić information content (AvgIpc) is 2.63. The Bertz CT molecular complexity index is 631. The fourth-order valence-electron chi connectivity index (χ4n) is 1.75. The number of nitriles is 1. The molecule has 2 rings (SSSR count). The summed E-state index contributed by atoms with van der Waals surface area (Å²) >= 11 is 0. The van der Waals surface area contributed by atoms with Crippen molar-refractivity contribution in [3.8, 4) is 6.07 Å². The first kappa shape index (κ1) is 12.8. The molecule has 0 aliphatic carbocycles. The van der Waals surface area contributed by atoms with E-state index in [9.17, 15) is 14.4 Å². The summed E-state index contributed by atoms with van der Waals surface area (Å²) in [4.78, 5) is 36.0. The van der Waals surface area contributed by atoms with E-state index in [4.69, 9.17) is 5.26 Å². The van der Waals surface area contributed by atoms with Gasteiger partial charge in [0, 0.05) is 12.7 Å². The second-order valence-electron chi connectivity index (χ2n) is 4.27. The van der Waals surface area contributed by atoms with Crippen LogP contribution in [0.3, 0.4) is 0 Å². The van der Waals surface area contributed by atoms with Crippen LogP contribution < -0.4 is 5.32 Å². The van der Waals surface area contributed by atoms with Gasteiger partial charge in [-0.15, -0.1) is 0 Å². The predicted octanol–water partition coefficient (Wildman–Crippen LogP) is 1.01. The fourth-order valence-corrected chi connectivity index (χ4v) is 1.75. The molecule has 1 heterocycles. The van der Waals surface area contributed by atoms with E-state index < -0.39 is 17.7 Å². The molecule has 0 radical (unpaired) electrons. The maximum absolute atomic E-state index is 11.8. The Morgan fingerprint density at radius 1 is 1.32 bits per heavy atom. The number of carbonyl (C=O) groups excluding carboxylic acids is 3. The first-order chi connectivity index (χ1) is 8.95. The molecule has 1 aromatic carbocycles. The van der Waals surface area contributed by atoms with Gasteiger partial charge in [-0.1, -0.05) is 0 Å². The molecular formula is C13H11N3O3. The Balaban J connectivity index is 2.29. The van der Waals surface area contributed by atoms with E-state index in [1.807, 2.05) is 6.07 Å². The van der Waals surface area contributed by atoms with Gasteiger partial charge in [0.05, 0.1) is 17.2 Å². The number of nitrogens with one attached hydrogen (secondary N) is 1. The molecule has 0 saturated carbocycles. The van der Waals surface area contributed by atoms with E-state index in [0.29, 0.717) is 11.3 Å². The fraction of sp³-hybridized carbons (Fsp3) is 0.231. The molecule has 1 unspecified atom stereocenters. The van der Waals surface area contributed by atoms with Gasteiger partial charge in [0.2, 0.25) is 5.91 Å². The third kappa shape index (κ3) is 2.06. The van der Waals surface area contributed by atoms with Crippen molar-refractivity contribution in [2.45, 2.75) is 6.92 Å². The third-order valence-electron chi connectivity index (χ3n) is 2.94. The lowest BCUT2D eigenvalue weighted by atomic mass is 10.1. The zero-order valence-corrected chi connectivity index (χ0v) is 10.4. The van der Waals surface area contributed by atoms with Crippen LogP contribution in [0.25, 0.3) is 0 Å². The van der Waals surface area contributed by atoms with E-state index >= 15 is 0 Å². The molecule has 1 aromatic rings. The van der Waals surface area contributed by atoms with Crippen molar-refractivity contribution in [1.29, 1.82) is 5.26 Å². The normalized spacial score (nSPS) is 14.9. The van der Waals surface area contributed by atoms with E-state index in [-0.39, 0.29) is 11.5 Å². The summed E-state index contributed by atoms with van der Waals surface area (Å²) in [6.07, 6.45) is 0. The zero-order valence-electron chi connectivity index (χ0n) is 10.4. The number of amides is 3. The molecule has 3 amide bonds. The molecular weight excluding hydrogens is 246 g/mol. The molecule has 0 aromatic heterocycles. The number of nitrogens with zero attached hydrogens (tertiary/aromatic N) is 2. The van der Waals surface area contributed by atoms with Crippen LogP contribution in [0.1, 0.15) is 27.6 Å². The quantitative estimate of drug-likeness (QED) is 0.800. The molecule has 1 aliphatic rings. The number of imide groups is 1. The Labute approximate surface area is 109 Å². The summed E-state index contributed by atoms with van der Waals surface area (Å²) in [6.45, 7) is 1.48. The number of hydrogen-bond acceptors (Lipinski definition) is 4. The number of rotatable bonds is 2. The molecule has 6 heteroatoms. The van der Waals surface area contributed by atoms with Gasteiger partial charge in [0.1, 0.15) is 5.92 Å². The lowest BCUT2D eigenvalue weighted by Crippen LogP contribution is -2.24. The highest BCUT2D eigenvalue weighted by molar-refractivity contribution is 6.21. The maximum atomic E-state index is 11.8. The third-order valence-corrected chi connectivity index (χ3v) is 2.94. The molecule has 0 bridgehead atoms. The van der Waals surface area contributed by atoms with Gasteiger partial charge < -0.3 is 5.32 Å². The van der Waals surface area contributed by atoms with Crippen LogP contribution in [0.5, 0.6) is 0 Å². The van der Waals surface area contributed by atoms with Gasteiger partial charge in [0.25, 0.3) is 11.8 Å². The van der Waals surface area contributed by atoms with Crippen molar-refractivity contribution in [2.75, 3.05) is 12.4 Å². The molecule has 1 N–H and O–H groups in total. The van der Waals surface area contributed by atoms with E-state index in [0.717, 1.165) is 4.90 Å². The summed E-state index contributed by atoms with van der Waals surface area (Å²) in [6, 6.07) is 6.29. The number of benzene rings is 1. The second-order valence-corrected chi connectivity index (χ2v) is 4.27. The monoisotopic (exact) mass is 257 g/mol. The SMILES string of the molecule is CC(C#N)C(=O)Nc1ccc2c(c1)C(=O)N(C)C2=O. The van der Waals surface area contributed by atoms with Gasteiger partial charge in [-0.2, -0.15) is 5.26 Å². The molecule has 1 aliphatic heterocycles. The Morgan fingerprint density at radius 2 is 1.95 bits per heavy atom. The first-order valence-electron chi connectivity index (χ1n) is 5.62. The van der Waals surface area contributed by atoms with Crippen molar-refractivity contribution in [1.82, 2.24) is 4.90 Å². The first-order valence-corrected chi connectivity index (χ1v) is 5.62. The second kappa shape index (κ2) is 4.53. The number of carbonyl (C=O) groups is 3. The summed E-state index contributed by atoms with van der Waals surface area (Å²) in [5, 5.41) is 11.2. The van der Waals surface area contributed by atoms with Gasteiger partial charge in [-0.05, 0) is 25.1 Å². The largest absolute Gasteiger partial charge is 0.325 e. The number of anilines is 1. The molecule has 0 saturated heterocycles. The molecule has 19 heavy (non-hydrogen) atoms. The van der Waals surface area contributed by atoms with Crippen LogP contribution in [0.4, 0.5) is 5.69 Å². The molecule has 1 atom stereocenters. The minimum atomic E-state index is -0.784. The van der Waals surface area contributed by atoms with E-state index in [1.165, 1.54) is 32.2 Å². The highest BCUT2D eigenvalue weighted by Crippen LogP contribution is 2.24. The van der Waals surface area contributed by atoms with Crippen LogP contribution in [-0.4, -0.2) is 29.7 Å². The molecule has 96 valence electrons. The Morgan fingerprint density at radius 3 is 2.58 bits per heavy atom. The molecule has 6 nitrogen and oxygen atoms in total. The van der Waals surface area contributed by atoms with Crippen molar-refractivity contribution in [3.63, 3.8) is 0 Å². The highest BCUT2D eigenvalue weighted by Gasteiger charge is 2.32. The van der Waals surface area contributed by atoms with E-state index in [2.05, 4.69) is 5.32 Å². The van der Waals surface area contributed by atoms with Crippen LogP contribution in [0, 0.1) is 17.2 Å².